The molecule has 0 aliphatic carbocycles. The highest BCUT2D eigenvalue weighted by Gasteiger charge is 2.19. The van der Waals surface area contributed by atoms with E-state index in [4.69, 9.17) is 36.3 Å². The lowest BCUT2D eigenvalue weighted by molar-refractivity contribution is 0.254. The van der Waals surface area contributed by atoms with E-state index in [0.717, 1.165) is 18.4 Å². The Labute approximate surface area is 165 Å². The van der Waals surface area contributed by atoms with Gasteiger partial charge in [0.25, 0.3) is 0 Å². The molecule has 2 aromatic carbocycles. The molecule has 0 radical (unpaired) electrons. The molecule has 0 atom stereocenters. The van der Waals surface area contributed by atoms with Gasteiger partial charge in [-0.1, -0.05) is 23.2 Å². The number of anilines is 2. The number of sulfone groups is 1. The van der Waals surface area contributed by atoms with Gasteiger partial charge in [0, 0.05) is 17.0 Å². The highest BCUT2D eigenvalue weighted by atomic mass is 35.5. The Morgan fingerprint density at radius 2 is 1.67 bits per heavy atom. The molecular formula is C16H11Cl2N5O3S. The summed E-state index contributed by atoms with van der Waals surface area (Å²) in [5.74, 6) is 0. The normalized spacial score (nSPS) is 10.4. The van der Waals surface area contributed by atoms with Gasteiger partial charge in [0.15, 0.2) is 21.2 Å². The number of nitrogens with zero attached hydrogens (tertiary/aromatic N) is 2. The molecule has 2 rings (SSSR count). The van der Waals surface area contributed by atoms with E-state index >= 15 is 0 Å². The summed E-state index contributed by atoms with van der Waals surface area (Å²) in [4.78, 5) is 18.1. The Bertz CT molecular complexity index is 1100. The summed E-state index contributed by atoms with van der Waals surface area (Å²) in [6.07, 6.45) is 0.933. The van der Waals surface area contributed by atoms with Crippen molar-refractivity contribution >= 4 is 61.8 Å². The molecule has 0 bridgehead atoms. The van der Waals surface area contributed by atoms with Gasteiger partial charge in [-0.3, -0.25) is 20.5 Å². The van der Waals surface area contributed by atoms with Crippen molar-refractivity contribution in [1.29, 1.82) is 0 Å². The molecule has 0 saturated heterocycles. The van der Waals surface area contributed by atoms with Crippen LogP contribution in [0.25, 0.3) is 9.69 Å². The fraction of sp³-hybridized carbons (Fsp3) is 0.0625. The van der Waals surface area contributed by atoms with E-state index in [-0.39, 0.29) is 27.0 Å². The number of urea groups is 1. The zero-order valence-corrected chi connectivity index (χ0v) is 16.0. The standard InChI is InChI=1S/C16H11Cl2N5O3S/c1-19-12-7-14(15(27(3,25)26)8-13(12)20-2)21-16(24)23-22-11-5-4-9(17)6-10(11)18/h4-8,22H,3H3,(H2,21,23,24). The zero-order valence-electron chi connectivity index (χ0n) is 13.7. The molecule has 0 saturated carbocycles. The maximum Gasteiger partial charge on any atom is 0.337 e. The first-order valence-corrected chi connectivity index (χ1v) is 9.71. The maximum atomic E-state index is 12.1. The molecule has 0 heterocycles. The van der Waals surface area contributed by atoms with E-state index in [1.807, 2.05) is 0 Å². The Balaban J connectivity index is 2.26. The maximum absolute atomic E-state index is 12.1. The quantitative estimate of drug-likeness (QED) is 0.492. The average Bonchev–Trinajstić information content (AvgIpc) is 2.59. The molecule has 138 valence electrons. The number of hydrogen-bond acceptors (Lipinski definition) is 4. The Hall–Kier alpha value is -2.98. The largest absolute Gasteiger partial charge is 0.337 e. The molecule has 0 fully saturated rings. The van der Waals surface area contributed by atoms with Crippen molar-refractivity contribution in [3.05, 3.63) is 63.2 Å². The molecular weight excluding hydrogens is 413 g/mol. The fourth-order valence-electron chi connectivity index (χ4n) is 2.01. The van der Waals surface area contributed by atoms with Crippen molar-refractivity contribution in [3.63, 3.8) is 0 Å². The SMILES string of the molecule is [C-]#[N+]c1cc(NC(=O)NNc2ccc(Cl)cc2Cl)c(S(C)(=O)=O)cc1[N+]#[C-]. The first-order valence-electron chi connectivity index (χ1n) is 7.06. The minimum absolute atomic E-state index is 0.0820. The van der Waals surface area contributed by atoms with Gasteiger partial charge in [-0.15, -0.1) is 0 Å². The summed E-state index contributed by atoms with van der Waals surface area (Å²) >= 11 is 11.8. The third kappa shape index (κ3) is 5.02. The van der Waals surface area contributed by atoms with Gasteiger partial charge in [0.05, 0.1) is 28.7 Å². The summed E-state index contributed by atoms with van der Waals surface area (Å²) < 4.78 is 23.9. The minimum atomic E-state index is -3.76. The van der Waals surface area contributed by atoms with E-state index in [1.54, 1.807) is 6.07 Å². The number of amides is 2. The summed E-state index contributed by atoms with van der Waals surface area (Å²) in [5, 5.41) is 3.01. The molecule has 11 heteroatoms. The number of rotatable bonds is 4. The topological polar surface area (TPSA) is 96.0 Å². The highest BCUT2D eigenvalue weighted by molar-refractivity contribution is 7.90. The van der Waals surface area contributed by atoms with Gasteiger partial charge in [0.2, 0.25) is 0 Å². The number of carbonyl (C=O) groups is 1. The van der Waals surface area contributed by atoms with Crippen LogP contribution in [-0.2, 0) is 9.84 Å². The second-order valence-corrected chi connectivity index (χ2v) is 7.99. The van der Waals surface area contributed by atoms with Crippen LogP contribution in [0.1, 0.15) is 0 Å². The summed E-state index contributed by atoms with van der Waals surface area (Å²) in [7, 11) is -3.76. The predicted molar refractivity (Wildman–Crippen MR) is 104 cm³/mol. The lowest BCUT2D eigenvalue weighted by Crippen LogP contribution is -2.34. The third-order valence-electron chi connectivity index (χ3n) is 3.21. The van der Waals surface area contributed by atoms with Crippen LogP contribution in [0.3, 0.4) is 0 Å². The van der Waals surface area contributed by atoms with Crippen LogP contribution in [0.2, 0.25) is 10.0 Å². The molecule has 0 unspecified atom stereocenters. The van der Waals surface area contributed by atoms with Crippen LogP contribution in [0, 0.1) is 13.1 Å². The first kappa shape index (κ1) is 20.3. The summed E-state index contributed by atoms with van der Waals surface area (Å²) in [6.45, 7) is 14.1. The summed E-state index contributed by atoms with van der Waals surface area (Å²) in [6, 6.07) is 5.94. The van der Waals surface area contributed by atoms with Gasteiger partial charge >= 0.3 is 6.03 Å². The van der Waals surface area contributed by atoms with Gasteiger partial charge in [-0.05, 0) is 30.3 Å². The number of benzene rings is 2. The van der Waals surface area contributed by atoms with Crippen molar-refractivity contribution in [1.82, 2.24) is 5.43 Å². The van der Waals surface area contributed by atoms with E-state index in [9.17, 15) is 13.2 Å². The van der Waals surface area contributed by atoms with Crippen LogP contribution in [0.15, 0.2) is 35.2 Å². The molecule has 2 amide bonds. The molecule has 0 spiro atoms. The molecule has 2 aromatic rings. The fourth-order valence-corrected chi connectivity index (χ4v) is 3.30. The molecule has 0 aromatic heterocycles. The van der Waals surface area contributed by atoms with Crippen molar-refractivity contribution in [2.45, 2.75) is 4.90 Å². The van der Waals surface area contributed by atoms with Crippen LogP contribution >= 0.6 is 23.2 Å². The van der Waals surface area contributed by atoms with E-state index < -0.39 is 15.9 Å². The van der Waals surface area contributed by atoms with Crippen LogP contribution < -0.4 is 16.2 Å². The second kappa shape index (κ2) is 8.14. The molecule has 0 aliphatic heterocycles. The van der Waals surface area contributed by atoms with Crippen molar-refractivity contribution < 1.29 is 13.2 Å². The highest BCUT2D eigenvalue weighted by Crippen LogP contribution is 2.36. The van der Waals surface area contributed by atoms with Gasteiger partial charge in [-0.2, -0.15) is 0 Å². The average molecular weight is 424 g/mol. The first-order chi connectivity index (χ1) is 12.7. The summed E-state index contributed by atoms with van der Waals surface area (Å²) in [5.41, 5.74) is 4.88. The Kier molecular flexibility index (Phi) is 6.13. The molecule has 0 aliphatic rings. The third-order valence-corrected chi connectivity index (χ3v) is 4.89. The smallest absolute Gasteiger partial charge is 0.307 e. The van der Waals surface area contributed by atoms with Crippen molar-refractivity contribution in [2.75, 3.05) is 17.0 Å². The van der Waals surface area contributed by atoms with Gasteiger partial charge in [0.1, 0.15) is 0 Å². The number of nitrogens with one attached hydrogen (secondary N) is 3. The zero-order chi connectivity index (χ0) is 20.2. The van der Waals surface area contributed by atoms with Crippen LogP contribution in [-0.4, -0.2) is 20.7 Å². The molecule has 8 nitrogen and oxygen atoms in total. The van der Waals surface area contributed by atoms with Crippen molar-refractivity contribution in [2.24, 2.45) is 0 Å². The van der Waals surface area contributed by atoms with Crippen LogP contribution in [0.5, 0.6) is 0 Å². The van der Waals surface area contributed by atoms with Gasteiger partial charge in [-0.25, -0.2) is 13.2 Å². The van der Waals surface area contributed by atoms with E-state index in [1.165, 1.54) is 12.1 Å². The van der Waals surface area contributed by atoms with E-state index in [0.29, 0.717) is 10.7 Å². The lowest BCUT2D eigenvalue weighted by Gasteiger charge is -2.14. The number of halogens is 2. The van der Waals surface area contributed by atoms with Crippen molar-refractivity contribution in [3.8, 4) is 0 Å². The van der Waals surface area contributed by atoms with Crippen LogP contribution in [0.4, 0.5) is 27.5 Å². The Morgan fingerprint density at radius 1 is 1.04 bits per heavy atom. The predicted octanol–water partition coefficient (Wildman–Crippen LogP) is 4.65. The second-order valence-electron chi connectivity index (χ2n) is 5.16. The minimum Gasteiger partial charge on any atom is -0.307 e. The lowest BCUT2D eigenvalue weighted by atomic mass is 10.2. The molecule has 27 heavy (non-hydrogen) atoms. The number of hydrazine groups is 1. The number of hydrogen-bond donors (Lipinski definition) is 3. The van der Waals surface area contributed by atoms with Gasteiger partial charge < -0.3 is 5.32 Å². The van der Waals surface area contributed by atoms with E-state index in [2.05, 4.69) is 25.9 Å². The Morgan fingerprint density at radius 3 is 2.22 bits per heavy atom. The monoisotopic (exact) mass is 423 g/mol. The number of carbonyl (C=O) groups excluding carboxylic acids is 1. The molecule has 3 N–H and O–H groups in total.